The van der Waals surface area contributed by atoms with Crippen molar-refractivity contribution in [2.75, 3.05) is 5.32 Å². The first-order valence-corrected chi connectivity index (χ1v) is 7.75. The molecule has 0 bridgehead atoms. The highest BCUT2D eigenvalue weighted by atomic mass is 35.5. The summed E-state index contributed by atoms with van der Waals surface area (Å²) in [5, 5.41) is 15.1. The van der Waals surface area contributed by atoms with E-state index in [9.17, 15) is 13.2 Å². The zero-order valence-electron chi connectivity index (χ0n) is 10.7. The van der Waals surface area contributed by atoms with E-state index in [4.69, 9.17) is 16.7 Å². The van der Waals surface area contributed by atoms with Crippen molar-refractivity contribution in [2.45, 2.75) is 17.9 Å². The summed E-state index contributed by atoms with van der Waals surface area (Å²) in [4.78, 5) is 11.7. The molecule has 2 aromatic rings. The van der Waals surface area contributed by atoms with Gasteiger partial charge in [-0.3, -0.25) is 9.48 Å². The van der Waals surface area contributed by atoms with Crippen molar-refractivity contribution in [3.63, 3.8) is 0 Å². The Balaban J connectivity index is 2.06. The number of nitrogens with one attached hydrogen (secondary N) is 1. The largest absolute Gasteiger partial charge is 0.325 e. The van der Waals surface area contributed by atoms with Gasteiger partial charge in [0.2, 0.25) is 15.9 Å². The maximum atomic E-state index is 11.8. The van der Waals surface area contributed by atoms with Crippen LogP contribution in [0.25, 0.3) is 0 Å². The summed E-state index contributed by atoms with van der Waals surface area (Å²) in [5.74, 6) is -0.334. The van der Waals surface area contributed by atoms with Crippen molar-refractivity contribution in [1.29, 1.82) is 0 Å². The van der Waals surface area contributed by atoms with E-state index in [0.29, 0.717) is 6.54 Å². The summed E-state index contributed by atoms with van der Waals surface area (Å²) >= 11 is 5.91. The fraction of sp³-hybridized carbons (Fsp3) is 0.182. The Hall–Kier alpha value is -1.97. The molecule has 0 fully saturated rings. The van der Waals surface area contributed by atoms with Gasteiger partial charge in [0.15, 0.2) is 0 Å². The van der Waals surface area contributed by atoms with Gasteiger partial charge in [0.05, 0.1) is 28.3 Å². The number of primary sulfonamides is 1. The third-order valence-corrected chi connectivity index (χ3v) is 3.82. The molecule has 1 aromatic heterocycles. The van der Waals surface area contributed by atoms with Crippen LogP contribution in [0.15, 0.2) is 35.5 Å². The molecule has 1 amide bonds. The fourth-order valence-corrected chi connectivity index (χ4v) is 2.26. The second kappa shape index (κ2) is 6.20. The predicted octanol–water partition coefficient (Wildman–Crippen LogP) is 0.608. The normalized spacial score (nSPS) is 11.3. The van der Waals surface area contributed by atoms with Gasteiger partial charge in [0.25, 0.3) is 0 Å². The average Bonchev–Trinajstić information content (AvgIpc) is 2.91. The smallest absolute Gasteiger partial charge is 0.238 e. The minimum Gasteiger partial charge on any atom is -0.325 e. The van der Waals surface area contributed by atoms with Crippen LogP contribution in [0.3, 0.4) is 0 Å². The quantitative estimate of drug-likeness (QED) is 0.832. The molecule has 0 aliphatic carbocycles. The van der Waals surface area contributed by atoms with E-state index >= 15 is 0 Å². The van der Waals surface area contributed by atoms with E-state index in [-0.39, 0.29) is 27.9 Å². The van der Waals surface area contributed by atoms with Crippen LogP contribution in [0.1, 0.15) is 6.42 Å². The van der Waals surface area contributed by atoms with Crippen LogP contribution in [0, 0.1) is 0 Å². The minimum absolute atomic E-state index is 0.126. The summed E-state index contributed by atoms with van der Waals surface area (Å²) in [5.41, 5.74) is 0.187. The van der Waals surface area contributed by atoms with Crippen LogP contribution in [0.4, 0.5) is 5.69 Å². The highest BCUT2D eigenvalue weighted by molar-refractivity contribution is 7.89. The van der Waals surface area contributed by atoms with Crippen LogP contribution >= 0.6 is 11.6 Å². The van der Waals surface area contributed by atoms with Crippen molar-refractivity contribution >= 4 is 33.2 Å². The number of benzene rings is 1. The van der Waals surface area contributed by atoms with Crippen molar-refractivity contribution < 1.29 is 13.2 Å². The molecule has 0 aliphatic heterocycles. The van der Waals surface area contributed by atoms with E-state index < -0.39 is 10.0 Å². The summed E-state index contributed by atoms with van der Waals surface area (Å²) in [6.07, 6.45) is 3.27. The third kappa shape index (κ3) is 4.25. The van der Waals surface area contributed by atoms with Gasteiger partial charge in [-0.05, 0) is 18.2 Å². The van der Waals surface area contributed by atoms with Crippen LogP contribution in [-0.4, -0.2) is 29.3 Å². The Bertz CT molecular complexity index is 745. The van der Waals surface area contributed by atoms with Crippen LogP contribution in [0.2, 0.25) is 5.02 Å². The van der Waals surface area contributed by atoms with Gasteiger partial charge in [0.1, 0.15) is 0 Å². The molecule has 0 atom stereocenters. The third-order valence-electron chi connectivity index (χ3n) is 2.58. The molecule has 21 heavy (non-hydrogen) atoms. The van der Waals surface area contributed by atoms with E-state index in [1.165, 1.54) is 29.1 Å². The molecule has 1 heterocycles. The lowest BCUT2D eigenvalue weighted by molar-refractivity contribution is -0.116. The predicted molar refractivity (Wildman–Crippen MR) is 76.1 cm³/mol. The number of hydrogen-bond acceptors (Lipinski definition) is 5. The summed E-state index contributed by atoms with van der Waals surface area (Å²) < 4.78 is 24.0. The van der Waals surface area contributed by atoms with E-state index in [2.05, 4.69) is 15.6 Å². The number of carbonyl (C=O) groups excluding carboxylic acids is 1. The van der Waals surface area contributed by atoms with Gasteiger partial charge in [-0.2, -0.15) is 0 Å². The molecule has 112 valence electrons. The van der Waals surface area contributed by atoms with Crippen LogP contribution in [-0.2, 0) is 21.4 Å². The number of aryl methyl sites for hydroxylation is 1. The average molecular weight is 330 g/mol. The SMILES string of the molecule is NS(=O)(=O)c1ccc(Cl)c(NC(=O)CCn2ccnn2)c1. The van der Waals surface area contributed by atoms with Gasteiger partial charge in [-0.15, -0.1) is 5.10 Å². The molecule has 0 radical (unpaired) electrons. The Labute approximate surface area is 125 Å². The van der Waals surface area contributed by atoms with E-state index in [0.717, 1.165) is 0 Å². The van der Waals surface area contributed by atoms with Gasteiger partial charge >= 0.3 is 0 Å². The number of sulfonamides is 1. The van der Waals surface area contributed by atoms with Crippen LogP contribution < -0.4 is 10.5 Å². The second-order valence-corrected chi connectivity index (χ2v) is 6.12. The number of amides is 1. The molecule has 0 saturated carbocycles. The van der Waals surface area contributed by atoms with Crippen molar-refractivity contribution in [2.24, 2.45) is 5.14 Å². The number of rotatable bonds is 5. The zero-order valence-corrected chi connectivity index (χ0v) is 12.3. The maximum Gasteiger partial charge on any atom is 0.238 e. The summed E-state index contributed by atoms with van der Waals surface area (Å²) in [7, 11) is -3.86. The molecular weight excluding hydrogens is 318 g/mol. The molecular formula is C11H12ClN5O3S. The Morgan fingerprint density at radius 3 is 2.81 bits per heavy atom. The lowest BCUT2D eigenvalue weighted by Gasteiger charge is -2.08. The Kier molecular flexibility index (Phi) is 4.56. The highest BCUT2D eigenvalue weighted by Crippen LogP contribution is 2.24. The molecule has 0 unspecified atom stereocenters. The van der Waals surface area contributed by atoms with Gasteiger partial charge in [-0.25, -0.2) is 13.6 Å². The van der Waals surface area contributed by atoms with E-state index in [1.54, 1.807) is 6.20 Å². The molecule has 0 aliphatic rings. The number of nitrogens with zero attached hydrogens (tertiary/aromatic N) is 3. The zero-order chi connectivity index (χ0) is 15.5. The minimum atomic E-state index is -3.86. The number of anilines is 1. The molecule has 0 spiro atoms. The molecule has 10 heteroatoms. The van der Waals surface area contributed by atoms with Gasteiger partial charge in [0, 0.05) is 12.6 Å². The van der Waals surface area contributed by atoms with E-state index in [1.807, 2.05) is 0 Å². The molecule has 2 rings (SSSR count). The van der Waals surface area contributed by atoms with Crippen molar-refractivity contribution in [3.05, 3.63) is 35.6 Å². The number of aromatic nitrogens is 3. The topological polar surface area (TPSA) is 120 Å². The first-order valence-electron chi connectivity index (χ1n) is 5.82. The highest BCUT2D eigenvalue weighted by Gasteiger charge is 2.12. The Morgan fingerprint density at radius 2 is 2.19 bits per heavy atom. The lowest BCUT2D eigenvalue weighted by Crippen LogP contribution is -2.16. The second-order valence-electron chi connectivity index (χ2n) is 4.15. The number of nitrogens with two attached hydrogens (primary N) is 1. The monoisotopic (exact) mass is 329 g/mol. The van der Waals surface area contributed by atoms with Crippen LogP contribution in [0.5, 0.6) is 0 Å². The maximum absolute atomic E-state index is 11.8. The number of halogens is 1. The van der Waals surface area contributed by atoms with Gasteiger partial charge < -0.3 is 5.32 Å². The van der Waals surface area contributed by atoms with Gasteiger partial charge in [-0.1, -0.05) is 16.8 Å². The first-order chi connectivity index (χ1) is 9.86. The lowest BCUT2D eigenvalue weighted by atomic mass is 10.3. The molecule has 1 aromatic carbocycles. The summed E-state index contributed by atoms with van der Waals surface area (Å²) in [6.45, 7) is 0.346. The number of carbonyl (C=O) groups is 1. The fourth-order valence-electron chi connectivity index (χ4n) is 1.56. The molecule has 8 nitrogen and oxygen atoms in total. The number of hydrogen-bond donors (Lipinski definition) is 2. The first kappa shape index (κ1) is 15.4. The molecule has 3 N–H and O–H groups in total. The molecule has 0 saturated heterocycles. The summed E-state index contributed by atoms with van der Waals surface area (Å²) in [6, 6.07) is 3.84. The Morgan fingerprint density at radius 1 is 1.43 bits per heavy atom. The van der Waals surface area contributed by atoms with Crippen molar-refractivity contribution in [3.8, 4) is 0 Å². The van der Waals surface area contributed by atoms with Crippen molar-refractivity contribution in [1.82, 2.24) is 15.0 Å². The standard InChI is InChI=1S/C11H12ClN5O3S/c12-9-2-1-8(21(13,19)20)7-10(9)15-11(18)3-5-17-6-4-14-16-17/h1-2,4,6-7H,3,5H2,(H,15,18)(H2,13,19,20).